The van der Waals surface area contributed by atoms with Gasteiger partial charge in [-0.05, 0) is 12.8 Å². The standard InChI is InChI=1S/C6H8N3/c1-2-4-9-5-7-8-6(9)3-1/h1,5H,2-4H2. The van der Waals surface area contributed by atoms with Crippen LogP contribution in [0.2, 0.25) is 0 Å². The monoisotopic (exact) mass is 122 g/mol. The summed E-state index contributed by atoms with van der Waals surface area (Å²) in [5, 5.41) is 7.74. The van der Waals surface area contributed by atoms with Crippen LogP contribution in [0.3, 0.4) is 0 Å². The van der Waals surface area contributed by atoms with E-state index < -0.39 is 0 Å². The van der Waals surface area contributed by atoms with Crippen molar-refractivity contribution in [3.05, 3.63) is 18.6 Å². The molecule has 0 aliphatic carbocycles. The molecule has 9 heavy (non-hydrogen) atoms. The molecule has 0 unspecified atom stereocenters. The van der Waals surface area contributed by atoms with Crippen molar-refractivity contribution < 1.29 is 0 Å². The molecular formula is C6H8N3. The second-order valence-electron chi connectivity index (χ2n) is 2.22. The first-order valence-electron chi connectivity index (χ1n) is 3.15. The molecule has 1 aromatic heterocycles. The molecule has 0 atom stereocenters. The molecule has 47 valence electrons. The number of nitrogens with zero attached hydrogens (tertiary/aromatic N) is 3. The molecule has 0 saturated carbocycles. The van der Waals surface area contributed by atoms with Crippen molar-refractivity contribution in [2.45, 2.75) is 19.4 Å². The van der Waals surface area contributed by atoms with E-state index in [1.165, 1.54) is 0 Å². The van der Waals surface area contributed by atoms with Gasteiger partial charge in [0.15, 0.2) is 0 Å². The molecule has 0 saturated heterocycles. The van der Waals surface area contributed by atoms with E-state index >= 15 is 0 Å². The van der Waals surface area contributed by atoms with E-state index in [0.717, 1.165) is 25.2 Å². The normalized spacial score (nSPS) is 17.3. The summed E-state index contributed by atoms with van der Waals surface area (Å²) in [5.41, 5.74) is 0. The summed E-state index contributed by atoms with van der Waals surface area (Å²) in [6.07, 6.45) is 6.18. The molecule has 1 aliphatic rings. The van der Waals surface area contributed by atoms with Crippen LogP contribution in [0.4, 0.5) is 0 Å². The fraction of sp³-hybridized carbons (Fsp3) is 0.500. The summed E-state index contributed by atoms with van der Waals surface area (Å²) in [5.74, 6) is 1.10. The van der Waals surface area contributed by atoms with Crippen molar-refractivity contribution in [3.8, 4) is 0 Å². The van der Waals surface area contributed by atoms with Crippen LogP contribution in [0.25, 0.3) is 0 Å². The van der Waals surface area contributed by atoms with E-state index in [1.807, 2.05) is 0 Å². The third kappa shape index (κ3) is 0.724. The second kappa shape index (κ2) is 1.83. The fourth-order valence-electron chi connectivity index (χ4n) is 1.09. The van der Waals surface area contributed by atoms with Gasteiger partial charge >= 0.3 is 0 Å². The van der Waals surface area contributed by atoms with Crippen LogP contribution in [-0.2, 0) is 13.0 Å². The minimum atomic E-state index is 0.986. The maximum absolute atomic E-state index is 3.94. The Bertz CT molecular complexity index is 183. The summed E-state index contributed by atoms with van der Waals surface area (Å²) in [7, 11) is 0. The molecule has 3 nitrogen and oxygen atoms in total. The zero-order valence-corrected chi connectivity index (χ0v) is 5.12. The third-order valence-corrected chi connectivity index (χ3v) is 1.60. The Hall–Kier alpha value is -0.860. The van der Waals surface area contributed by atoms with Gasteiger partial charge in [0.25, 0.3) is 0 Å². The predicted octanol–water partition coefficient (Wildman–Crippen LogP) is 0.429. The molecule has 1 aliphatic heterocycles. The first-order valence-corrected chi connectivity index (χ1v) is 3.15. The Morgan fingerprint density at radius 3 is 3.44 bits per heavy atom. The van der Waals surface area contributed by atoms with Crippen molar-refractivity contribution in [3.63, 3.8) is 0 Å². The molecule has 0 N–H and O–H groups in total. The van der Waals surface area contributed by atoms with Crippen LogP contribution < -0.4 is 0 Å². The zero-order valence-electron chi connectivity index (χ0n) is 5.12. The molecule has 2 heterocycles. The number of aromatic nitrogens is 3. The van der Waals surface area contributed by atoms with Crippen molar-refractivity contribution in [2.24, 2.45) is 0 Å². The molecule has 3 heteroatoms. The summed E-state index contributed by atoms with van der Waals surface area (Å²) in [4.78, 5) is 0. The lowest BCUT2D eigenvalue weighted by Crippen LogP contribution is -2.09. The molecule has 1 aromatic rings. The Balaban J connectivity index is 2.39. The van der Waals surface area contributed by atoms with Crippen LogP contribution >= 0.6 is 0 Å². The zero-order chi connectivity index (χ0) is 6.10. The average molecular weight is 122 g/mol. The topological polar surface area (TPSA) is 30.7 Å². The van der Waals surface area contributed by atoms with Crippen molar-refractivity contribution in [2.75, 3.05) is 0 Å². The minimum absolute atomic E-state index is 0.986. The van der Waals surface area contributed by atoms with Crippen LogP contribution in [0.1, 0.15) is 12.2 Å². The van der Waals surface area contributed by atoms with Gasteiger partial charge in [-0.2, -0.15) is 0 Å². The lowest BCUT2D eigenvalue weighted by Gasteiger charge is -2.10. The van der Waals surface area contributed by atoms with Crippen LogP contribution in [0, 0.1) is 6.42 Å². The smallest absolute Gasteiger partial charge is 0.133 e. The summed E-state index contributed by atoms with van der Waals surface area (Å²) < 4.78 is 2.10. The molecular weight excluding hydrogens is 114 g/mol. The highest BCUT2D eigenvalue weighted by atomic mass is 15.3. The highest BCUT2D eigenvalue weighted by molar-refractivity contribution is 4.95. The molecule has 0 aromatic carbocycles. The lowest BCUT2D eigenvalue weighted by atomic mass is 10.2. The van der Waals surface area contributed by atoms with Gasteiger partial charge in [0.05, 0.1) is 0 Å². The Kier molecular flexibility index (Phi) is 1.01. The van der Waals surface area contributed by atoms with Crippen molar-refractivity contribution in [1.29, 1.82) is 0 Å². The maximum atomic E-state index is 3.94. The Labute approximate surface area is 53.7 Å². The number of aryl methyl sites for hydroxylation is 1. The maximum Gasteiger partial charge on any atom is 0.133 e. The predicted molar refractivity (Wildman–Crippen MR) is 32.6 cm³/mol. The Morgan fingerprint density at radius 1 is 1.56 bits per heavy atom. The largest absolute Gasteiger partial charge is 0.318 e. The number of fused-ring (bicyclic) bond motifs is 1. The van der Waals surface area contributed by atoms with Gasteiger partial charge < -0.3 is 4.57 Å². The average Bonchev–Trinajstić information content (AvgIpc) is 2.33. The van der Waals surface area contributed by atoms with Crippen molar-refractivity contribution in [1.82, 2.24) is 14.8 Å². The van der Waals surface area contributed by atoms with Crippen LogP contribution in [0.5, 0.6) is 0 Å². The van der Waals surface area contributed by atoms with Gasteiger partial charge in [0, 0.05) is 13.0 Å². The van der Waals surface area contributed by atoms with Gasteiger partial charge in [-0.1, -0.05) is 0 Å². The minimum Gasteiger partial charge on any atom is -0.318 e. The van der Waals surface area contributed by atoms with Crippen molar-refractivity contribution >= 4 is 0 Å². The van der Waals surface area contributed by atoms with E-state index in [0.29, 0.717) is 0 Å². The molecule has 0 bridgehead atoms. The third-order valence-electron chi connectivity index (χ3n) is 1.60. The van der Waals surface area contributed by atoms with Gasteiger partial charge in [0.2, 0.25) is 0 Å². The van der Waals surface area contributed by atoms with E-state index in [4.69, 9.17) is 0 Å². The molecule has 2 rings (SSSR count). The highest BCUT2D eigenvalue weighted by Crippen LogP contribution is 2.08. The van der Waals surface area contributed by atoms with Gasteiger partial charge in [0.1, 0.15) is 12.2 Å². The number of rotatable bonds is 0. The summed E-state index contributed by atoms with van der Waals surface area (Å²) in [6, 6.07) is 0. The fourth-order valence-corrected chi connectivity index (χ4v) is 1.09. The Morgan fingerprint density at radius 2 is 2.56 bits per heavy atom. The molecule has 1 radical (unpaired) electrons. The number of hydrogen-bond acceptors (Lipinski definition) is 2. The van der Waals surface area contributed by atoms with Gasteiger partial charge in [-0.25, -0.2) is 0 Å². The van der Waals surface area contributed by atoms with E-state index in [2.05, 4.69) is 21.2 Å². The van der Waals surface area contributed by atoms with E-state index in [1.54, 1.807) is 6.33 Å². The van der Waals surface area contributed by atoms with Gasteiger partial charge in [-0.15, -0.1) is 10.2 Å². The molecule has 0 amide bonds. The highest BCUT2D eigenvalue weighted by Gasteiger charge is 2.08. The van der Waals surface area contributed by atoms with Crippen LogP contribution in [-0.4, -0.2) is 14.8 Å². The first kappa shape index (κ1) is 4.97. The summed E-state index contributed by atoms with van der Waals surface area (Å²) >= 11 is 0. The second-order valence-corrected chi connectivity index (χ2v) is 2.22. The van der Waals surface area contributed by atoms with E-state index in [-0.39, 0.29) is 0 Å². The quantitative estimate of drug-likeness (QED) is 0.499. The summed E-state index contributed by atoms with van der Waals surface area (Å²) in [6.45, 7) is 1.06. The number of hydrogen-bond donors (Lipinski definition) is 0. The van der Waals surface area contributed by atoms with E-state index in [9.17, 15) is 0 Å². The van der Waals surface area contributed by atoms with Crippen LogP contribution in [0.15, 0.2) is 6.33 Å². The SMILES string of the molecule is [CH]1CCn2cnnc2C1. The first-order chi connectivity index (χ1) is 4.47. The van der Waals surface area contributed by atoms with Gasteiger partial charge in [-0.3, -0.25) is 0 Å². The lowest BCUT2D eigenvalue weighted by molar-refractivity contribution is 0.598. The molecule has 0 fully saturated rings. The molecule has 0 spiro atoms.